The van der Waals surface area contributed by atoms with Crippen molar-refractivity contribution in [2.24, 2.45) is 46.3 Å². The van der Waals surface area contributed by atoms with E-state index in [1.807, 2.05) is 0 Å². The summed E-state index contributed by atoms with van der Waals surface area (Å²) in [6, 6.07) is 0.234. The van der Waals surface area contributed by atoms with Crippen molar-refractivity contribution in [2.75, 3.05) is 40.3 Å². The lowest BCUT2D eigenvalue weighted by Gasteiger charge is -2.56. The number of likely N-dealkylation sites (N-methyl/N-ethyl adjacent to an activating group) is 1. The molecule has 34 heavy (non-hydrogen) atoms. The van der Waals surface area contributed by atoms with Gasteiger partial charge in [0.1, 0.15) is 0 Å². The molecule has 1 aliphatic heterocycles. The normalized spacial score (nSPS) is 49.1. The lowest BCUT2D eigenvalue weighted by atomic mass is 9.49. The molecule has 0 radical (unpaired) electrons. The van der Waals surface area contributed by atoms with Crippen LogP contribution in [-0.4, -0.2) is 72.8 Å². The van der Waals surface area contributed by atoms with E-state index >= 15 is 0 Å². The van der Waals surface area contributed by atoms with E-state index in [0.717, 1.165) is 100 Å². The van der Waals surface area contributed by atoms with Crippen molar-refractivity contribution in [2.45, 2.75) is 83.1 Å². The van der Waals surface area contributed by atoms with Gasteiger partial charge in [-0.1, -0.05) is 0 Å². The summed E-state index contributed by atoms with van der Waals surface area (Å²) in [5.74, 6) is 5.65. The van der Waals surface area contributed by atoms with Crippen LogP contribution in [0.4, 0.5) is 0 Å². The topological polar surface area (TPSA) is 43.9 Å². The third kappa shape index (κ3) is 3.42. The Hall–Kier alpha value is -1.10. The van der Waals surface area contributed by atoms with Crippen LogP contribution in [0.2, 0.25) is 0 Å². The van der Waals surface area contributed by atoms with Gasteiger partial charge in [-0.15, -0.1) is 0 Å². The first-order valence-corrected chi connectivity index (χ1v) is 14.6. The number of nitrogens with zero attached hydrogens (tertiary/aromatic N) is 3. The molecule has 8 saturated carbocycles. The summed E-state index contributed by atoms with van der Waals surface area (Å²) in [7, 11) is 4.27. The molecule has 1 saturated heterocycles. The van der Waals surface area contributed by atoms with E-state index in [-0.39, 0.29) is 16.9 Å². The van der Waals surface area contributed by atoms with Gasteiger partial charge in [-0.05, 0) is 127 Å². The van der Waals surface area contributed by atoms with Gasteiger partial charge in [0, 0.05) is 32.2 Å². The molecule has 0 spiro atoms. The maximum atomic E-state index is 14.2. The summed E-state index contributed by atoms with van der Waals surface area (Å²) in [4.78, 5) is 35.0. The Bertz CT molecular complexity index is 729. The molecule has 0 atom stereocenters. The highest BCUT2D eigenvalue weighted by molar-refractivity contribution is 5.85. The molecule has 0 unspecified atom stereocenters. The van der Waals surface area contributed by atoms with Crippen molar-refractivity contribution < 1.29 is 9.59 Å². The van der Waals surface area contributed by atoms with Gasteiger partial charge in [0.2, 0.25) is 11.8 Å². The molecule has 0 aromatic rings. The highest BCUT2D eigenvalue weighted by Gasteiger charge is 2.57. The summed E-state index contributed by atoms with van der Waals surface area (Å²) in [5, 5.41) is 0. The maximum Gasteiger partial charge on any atom is 0.228 e. The van der Waals surface area contributed by atoms with Crippen LogP contribution in [0.3, 0.4) is 0 Å². The predicted octanol–water partition coefficient (Wildman–Crippen LogP) is 4.02. The zero-order valence-corrected chi connectivity index (χ0v) is 21.5. The first kappa shape index (κ1) is 22.1. The van der Waals surface area contributed by atoms with Gasteiger partial charge in [0.25, 0.3) is 0 Å². The van der Waals surface area contributed by atoms with Crippen LogP contribution in [-0.2, 0) is 9.59 Å². The Morgan fingerprint density at radius 2 is 0.882 bits per heavy atom. The van der Waals surface area contributed by atoms with E-state index in [1.54, 1.807) is 0 Å². The standard InChI is InChI=1S/C29H45N3O2/c1-30(2)25-17-31(26(33)28-11-19-5-20(12-28)7-21(6-19)13-28)3-4-32(18-25)27(34)29-14-22-8-23(15-29)10-24(9-22)16-29/h19-25H,3-18H2,1-2H3. The summed E-state index contributed by atoms with van der Waals surface area (Å²) < 4.78 is 0. The maximum absolute atomic E-state index is 14.2. The number of amides is 2. The number of carbonyl (C=O) groups excluding carboxylic acids is 2. The summed E-state index contributed by atoms with van der Waals surface area (Å²) in [6.07, 6.45) is 15.1. The molecular weight excluding hydrogens is 422 g/mol. The molecule has 9 rings (SSSR count). The molecular formula is C29H45N3O2. The van der Waals surface area contributed by atoms with E-state index in [0.29, 0.717) is 11.8 Å². The second-order valence-corrected chi connectivity index (χ2v) is 14.5. The molecule has 2 amide bonds. The fraction of sp³-hybridized carbons (Fsp3) is 0.931. The first-order valence-electron chi connectivity index (χ1n) is 14.6. The zero-order valence-electron chi connectivity index (χ0n) is 21.5. The van der Waals surface area contributed by atoms with Gasteiger partial charge in [-0.3, -0.25) is 9.59 Å². The molecule has 1 heterocycles. The fourth-order valence-corrected chi connectivity index (χ4v) is 11.1. The lowest BCUT2D eigenvalue weighted by molar-refractivity contribution is -0.159. The smallest absolute Gasteiger partial charge is 0.228 e. The van der Waals surface area contributed by atoms with Crippen molar-refractivity contribution in [1.29, 1.82) is 0 Å². The second-order valence-electron chi connectivity index (χ2n) is 14.5. The van der Waals surface area contributed by atoms with Gasteiger partial charge >= 0.3 is 0 Å². The van der Waals surface area contributed by atoms with E-state index in [1.165, 1.54) is 38.5 Å². The van der Waals surface area contributed by atoms with Crippen molar-refractivity contribution in [3.8, 4) is 0 Å². The van der Waals surface area contributed by atoms with E-state index in [2.05, 4.69) is 28.8 Å². The highest BCUT2D eigenvalue weighted by atomic mass is 16.2. The van der Waals surface area contributed by atoms with Crippen molar-refractivity contribution in [3.05, 3.63) is 0 Å². The molecule has 5 heteroatoms. The molecule has 0 N–H and O–H groups in total. The Balaban J connectivity index is 1.11. The van der Waals surface area contributed by atoms with E-state index < -0.39 is 0 Å². The first-order chi connectivity index (χ1) is 16.3. The lowest BCUT2D eigenvalue weighted by Crippen LogP contribution is -2.56. The van der Waals surface area contributed by atoms with E-state index in [4.69, 9.17) is 0 Å². The molecule has 9 aliphatic rings. The van der Waals surface area contributed by atoms with Gasteiger partial charge in [-0.25, -0.2) is 0 Å². The summed E-state index contributed by atoms with van der Waals surface area (Å²) in [6.45, 7) is 3.06. The third-order valence-corrected chi connectivity index (χ3v) is 11.8. The Morgan fingerprint density at radius 3 is 1.15 bits per heavy atom. The minimum absolute atomic E-state index is 0.0787. The fourth-order valence-electron chi connectivity index (χ4n) is 11.1. The predicted molar refractivity (Wildman–Crippen MR) is 132 cm³/mol. The SMILES string of the molecule is CN(C)C1CN(C(=O)C23CC4CC(CC(C4)C2)C3)CCN(C(=O)C23CC4CC(CC(C4)C2)C3)C1. The van der Waals surface area contributed by atoms with Gasteiger partial charge in [0.15, 0.2) is 0 Å². The zero-order chi connectivity index (χ0) is 23.2. The van der Waals surface area contributed by atoms with Gasteiger partial charge in [-0.2, -0.15) is 0 Å². The molecule has 0 aromatic heterocycles. The van der Waals surface area contributed by atoms with Crippen molar-refractivity contribution >= 4 is 11.8 Å². The molecule has 5 nitrogen and oxygen atoms in total. The monoisotopic (exact) mass is 467 g/mol. The van der Waals surface area contributed by atoms with Crippen LogP contribution in [0.15, 0.2) is 0 Å². The Morgan fingerprint density at radius 1 is 0.588 bits per heavy atom. The van der Waals surface area contributed by atoms with Crippen LogP contribution < -0.4 is 0 Å². The van der Waals surface area contributed by atoms with Crippen molar-refractivity contribution in [1.82, 2.24) is 14.7 Å². The van der Waals surface area contributed by atoms with Crippen LogP contribution in [0.1, 0.15) is 77.0 Å². The van der Waals surface area contributed by atoms with Gasteiger partial charge in [0.05, 0.1) is 10.8 Å². The molecule has 8 aliphatic carbocycles. The average molecular weight is 468 g/mol. The molecule has 9 fully saturated rings. The third-order valence-electron chi connectivity index (χ3n) is 11.8. The van der Waals surface area contributed by atoms with Crippen LogP contribution in [0.25, 0.3) is 0 Å². The Kier molecular flexibility index (Phi) is 5.01. The number of hydrogen-bond donors (Lipinski definition) is 0. The number of carbonyl (C=O) groups is 2. The highest BCUT2D eigenvalue weighted by Crippen LogP contribution is 2.62. The largest absolute Gasteiger partial charge is 0.339 e. The minimum Gasteiger partial charge on any atom is -0.339 e. The Labute approximate surface area is 206 Å². The van der Waals surface area contributed by atoms with Gasteiger partial charge < -0.3 is 14.7 Å². The average Bonchev–Trinajstić information content (AvgIpc) is 3.00. The second kappa shape index (κ2) is 7.70. The number of rotatable bonds is 3. The van der Waals surface area contributed by atoms with Crippen LogP contribution in [0, 0.1) is 46.3 Å². The molecule has 0 aromatic carbocycles. The minimum atomic E-state index is -0.0787. The van der Waals surface area contributed by atoms with Crippen LogP contribution in [0.5, 0.6) is 0 Å². The quantitative estimate of drug-likeness (QED) is 0.630. The summed E-state index contributed by atoms with van der Waals surface area (Å²) >= 11 is 0. The number of hydrogen-bond acceptors (Lipinski definition) is 3. The molecule has 188 valence electrons. The molecule has 8 bridgehead atoms. The van der Waals surface area contributed by atoms with E-state index in [9.17, 15) is 9.59 Å². The van der Waals surface area contributed by atoms with Crippen molar-refractivity contribution in [3.63, 3.8) is 0 Å². The summed E-state index contributed by atoms with van der Waals surface area (Å²) in [5.41, 5.74) is -0.157. The van der Waals surface area contributed by atoms with Crippen LogP contribution >= 0.6 is 0 Å².